The number of unbranched alkanes of at least 4 members (excludes halogenated alkanes) is 1. The molecule has 4 heteroatoms. The normalized spacial score (nSPS) is 10.7. The van der Waals surface area contributed by atoms with Crippen LogP contribution in [-0.4, -0.2) is 43.7 Å². The Morgan fingerprint density at radius 3 is 2.67 bits per heavy atom. The first-order valence-electron chi connectivity index (χ1n) is 4.21. The van der Waals surface area contributed by atoms with Gasteiger partial charge in [0.2, 0.25) is 0 Å². The summed E-state index contributed by atoms with van der Waals surface area (Å²) in [7, 11) is 3.88. The molecule has 3 nitrogen and oxygen atoms in total. The minimum absolute atomic E-state index is 0.0638. The predicted octanol–water partition coefficient (Wildman–Crippen LogP) is 0.374. The lowest BCUT2D eigenvalue weighted by Gasteiger charge is -2.13. The summed E-state index contributed by atoms with van der Waals surface area (Å²) in [5, 5.41) is 3.02. The Morgan fingerprint density at radius 2 is 2.17 bits per heavy atom. The van der Waals surface area contributed by atoms with Crippen LogP contribution in [0.4, 0.5) is 0 Å². The lowest BCUT2D eigenvalue weighted by atomic mass is 10.3. The van der Waals surface area contributed by atoms with Crippen LogP contribution in [-0.2, 0) is 4.79 Å². The molecule has 0 amide bonds. The van der Waals surface area contributed by atoms with Gasteiger partial charge in [0.15, 0.2) is 5.12 Å². The van der Waals surface area contributed by atoms with E-state index in [4.69, 9.17) is 0 Å². The molecular weight excluding hydrogens is 172 g/mol. The molecule has 0 unspecified atom stereocenters. The molecule has 0 aliphatic rings. The highest BCUT2D eigenvalue weighted by molar-refractivity contribution is 7.96. The van der Waals surface area contributed by atoms with Crippen molar-refractivity contribution in [3.8, 4) is 0 Å². The number of rotatable bonds is 7. The lowest BCUT2D eigenvalue weighted by molar-refractivity contribution is -0.111. The summed E-state index contributed by atoms with van der Waals surface area (Å²) in [6.45, 7) is 2.46. The molecule has 1 N–H and O–H groups in total. The van der Waals surface area contributed by atoms with Gasteiger partial charge in [-0.2, -0.15) is 0 Å². The van der Waals surface area contributed by atoms with Crippen molar-refractivity contribution in [2.75, 3.05) is 33.7 Å². The number of hydrogen-bond donors (Lipinski definition) is 2. The second-order valence-corrected chi connectivity index (χ2v) is 3.44. The van der Waals surface area contributed by atoms with Gasteiger partial charge < -0.3 is 5.32 Å². The van der Waals surface area contributed by atoms with Crippen molar-refractivity contribution in [3.05, 3.63) is 0 Å². The molecule has 0 saturated carbocycles. The van der Waals surface area contributed by atoms with Crippen molar-refractivity contribution in [3.63, 3.8) is 0 Å². The van der Waals surface area contributed by atoms with Crippen LogP contribution in [0.2, 0.25) is 0 Å². The summed E-state index contributed by atoms with van der Waals surface area (Å²) in [4.78, 5) is 12.5. The van der Waals surface area contributed by atoms with Crippen molar-refractivity contribution < 1.29 is 4.79 Å². The van der Waals surface area contributed by atoms with Crippen LogP contribution in [0.25, 0.3) is 0 Å². The summed E-state index contributed by atoms with van der Waals surface area (Å²) < 4.78 is 0. The van der Waals surface area contributed by atoms with E-state index in [1.54, 1.807) is 0 Å². The van der Waals surface area contributed by atoms with E-state index in [0.717, 1.165) is 25.9 Å². The zero-order chi connectivity index (χ0) is 9.40. The Hall–Kier alpha value is -0.0600. The van der Waals surface area contributed by atoms with Crippen LogP contribution < -0.4 is 5.32 Å². The molecule has 0 aliphatic carbocycles. The van der Waals surface area contributed by atoms with Crippen molar-refractivity contribution in [1.82, 2.24) is 10.2 Å². The minimum Gasteiger partial charge on any atom is -0.320 e. The molecule has 0 saturated heterocycles. The molecule has 12 heavy (non-hydrogen) atoms. The van der Waals surface area contributed by atoms with Crippen LogP contribution in [0.1, 0.15) is 12.8 Å². The van der Waals surface area contributed by atoms with Crippen molar-refractivity contribution >= 4 is 17.7 Å². The molecule has 0 aliphatic heterocycles. The first-order valence-corrected chi connectivity index (χ1v) is 4.66. The number of nitrogens with zero attached hydrogens (tertiary/aromatic N) is 1. The molecule has 0 spiro atoms. The van der Waals surface area contributed by atoms with E-state index in [1.807, 2.05) is 19.0 Å². The quantitative estimate of drug-likeness (QED) is 0.449. The summed E-state index contributed by atoms with van der Waals surface area (Å²) >= 11 is 3.71. The van der Waals surface area contributed by atoms with Crippen LogP contribution in [0.15, 0.2) is 0 Å². The fraction of sp³-hybridized carbons (Fsp3) is 0.875. The van der Waals surface area contributed by atoms with Gasteiger partial charge in [-0.3, -0.25) is 9.69 Å². The maximum absolute atomic E-state index is 10.6. The molecule has 0 radical (unpaired) electrons. The Bertz CT molecular complexity index is 130. The number of likely N-dealkylation sites (N-methyl/N-ethyl adjacent to an activating group) is 1. The Labute approximate surface area is 79.9 Å². The number of hydrogen-bond acceptors (Lipinski definition) is 3. The van der Waals surface area contributed by atoms with E-state index in [9.17, 15) is 4.79 Å². The van der Waals surface area contributed by atoms with Crippen molar-refractivity contribution in [2.24, 2.45) is 0 Å². The highest BCUT2D eigenvalue weighted by Gasteiger charge is 2.00. The topological polar surface area (TPSA) is 32.3 Å². The molecule has 0 rings (SSSR count). The monoisotopic (exact) mass is 190 g/mol. The van der Waals surface area contributed by atoms with E-state index >= 15 is 0 Å². The van der Waals surface area contributed by atoms with Crippen LogP contribution in [0.3, 0.4) is 0 Å². The average molecular weight is 190 g/mol. The first-order chi connectivity index (χ1) is 5.66. The molecule has 0 atom stereocenters. The van der Waals surface area contributed by atoms with Crippen molar-refractivity contribution in [2.45, 2.75) is 12.8 Å². The van der Waals surface area contributed by atoms with E-state index in [-0.39, 0.29) is 5.12 Å². The number of carbonyl (C=O) groups excluding carboxylic acids is 1. The smallest absolute Gasteiger partial charge is 0.199 e. The zero-order valence-electron chi connectivity index (χ0n) is 7.84. The summed E-state index contributed by atoms with van der Waals surface area (Å²) in [6.07, 6.45) is 2.28. The molecule has 0 aromatic heterocycles. The summed E-state index contributed by atoms with van der Waals surface area (Å²) in [5.74, 6) is 0. The third-order valence-corrected chi connectivity index (χ3v) is 1.76. The van der Waals surface area contributed by atoms with Gasteiger partial charge in [0.05, 0.1) is 6.54 Å². The summed E-state index contributed by atoms with van der Waals surface area (Å²) in [5.41, 5.74) is 0. The third-order valence-electron chi connectivity index (χ3n) is 1.62. The van der Waals surface area contributed by atoms with Gasteiger partial charge in [-0.25, -0.2) is 0 Å². The van der Waals surface area contributed by atoms with Crippen LogP contribution in [0, 0.1) is 0 Å². The second-order valence-electron chi connectivity index (χ2n) is 2.94. The lowest BCUT2D eigenvalue weighted by Crippen LogP contribution is -2.25. The van der Waals surface area contributed by atoms with Gasteiger partial charge in [-0.1, -0.05) is 0 Å². The van der Waals surface area contributed by atoms with Gasteiger partial charge >= 0.3 is 0 Å². The average Bonchev–Trinajstić information content (AvgIpc) is 1.97. The fourth-order valence-electron chi connectivity index (χ4n) is 0.993. The van der Waals surface area contributed by atoms with E-state index in [1.165, 1.54) is 0 Å². The van der Waals surface area contributed by atoms with Gasteiger partial charge in [-0.15, -0.1) is 12.6 Å². The van der Waals surface area contributed by atoms with E-state index in [2.05, 4.69) is 17.9 Å². The van der Waals surface area contributed by atoms with Gasteiger partial charge in [0, 0.05) is 0 Å². The van der Waals surface area contributed by atoms with Crippen LogP contribution in [0.5, 0.6) is 0 Å². The maximum atomic E-state index is 10.6. The Kier molecular flexibility index (Phi) is 7.54. The number of nitrogens with one attached hydrogen (secondary N) is 1. The van der Waals surface area contributed by atoms with Gasteiger partial charge in [0.1, 0.15) is 0 Å². The molecule has 0 bridgehead atoms. The molecule has 0 heterocycles. The number of thiol groups is 1. The Balaban J connectivity index is 3.19. The molecule has 0 aromatic carbocycles. The standard InChI is InChI=1S/C8H18N2OS/c1-9-5-3-4-6-10(2)7-8(11)12/h9H,3-7H2,1-2H3,(H,11,12). The predicted molar refractivity (Wildman–Crippen MR) is 54.7 cm³/mol. The number of carbonyl (C=O) groups is 1. The van der Waals surface area contributed by atoms with E-state index < -0.39 is 0 Å². The van der Waals surface area contributed by atoms with Gasteiger partial charge in [-0.05, 0) is 40.0 Å². The minimum atomic E-state index is -0.0638. The highest BCUT2D eigenvalue weighted by Crippen LogP contribution is 1.92. The highest BCUT2D eigenvalue weighted by atomic mass is 32.1. The van der Waals surface area contributed by atoms with Gasteiger partial charge in [0.25, 0.3) is 0 Å². The SMILES string of the molecule is CNCCCCN(C)CC(=O)S. The molecule has 0 aromatic rings. The Morgan fingerprint density at radius 1 is 1.50 bits per heavy atom. The third kappa shape index (κ3) is 8.04. The molecular formula is C8H18N2OS. The molecule has 72 valence electrons. The second kappa shape index (κ2) is 7.58. The van der Waals surface area contributed by atoms with Crippen molar-refractivity contribution in [1.29, 1.82) is 0 Å². The van der Waals surface area contributed by atoms with E-state index in [0.29, 0.717) is 6.54 Å². The van der Waals surface area contributed by atoms with Crippen LogP contribution >= 0.6 is 12.6 Å². The molecule has 0 fully saturated rings. The summed E-state index contributed by atoms with van der Waals surface area (Å²) in [6, 6.07) is 0. The largest absolute Gasteiger partial charge is 0.320 e. The maximum Gasteiger partial charge on any atom is 0.199 e. The fourth-order valence-corrected chi connectivity index (χ4v) is 1.23. The zero-order valence-corrected chi connectivity index (χ0v) is 8.73. The first kappa shape index (κ1) is 11.9.